The van der Waals surface area contributed by atoms with Gasteiger partial charge in [0.2, 0.25) is 0 Å². The molecular weight excluding hydrogens is 372 g/mol. The van der Waals surface area contributed by atoms with Crippen molar-refractivity contribution in [3.05, 3.63) is 57.0 Å². The third-order valence-corrected chi connectivity index (χ3v) is 4.69. The first-order valence-corrected chi connectivity index (χ1v) is 8.15. The molecule has 0 atom stereocenters. The van der Waals surface area contributed by atoms with Crippen LogP contribution in [0.5, 0.6) is 0 Å². The fourth-order valence-electron chi connectivity index (χ4n) is 1.92. The smallest absolute Gasteiger partial charge is 0.258 e. The predicted octanol–water partition coefficient (Wildman–Crippen LogP) is 5.27. The van der Waals surface area contributed by atoms with E-state index in [2.05, 4.69) is 32.3 Å². The summed E-state index contributed by atoms with van der Waals surface area (Å²) in [6.45, 7) is 2.03. The fraction of sp³-hybridized carbons (Fsp3) is 0.0667. The highest BCUT2D eigenvalue weighted by atomic mass is 79.9. The van der Waals surface area contributed by atoms with E-state index in [0.29, 0.717) is 15.7 Å². The number of amides is 1. The Morgan fingerprint density at radius 3 is 2.90 bits per heavy atom. The lowest BCUT2D eigenvalue weighted by Crippen LogP contribution is -2.12. The first-order chi connectivity index (χ1) is 10.0. The molecule has 0 aliphatic carbocycles. The van der Waals surface area contributed by atoms with Crippen LogP contribution in [-0.4, -0.2) is 10.9 Å². The number of hydrogen-bond donors (Lipinski definition) is 1. The molecule has 106 valence electrons. The molecule has 0 aliphatic rings. The summed E-state index contributed by atoms with van der Waals surface area (Å²) in [5.74, 6) is -0.267. The Bertz CT molecular complexity index is 847. The van der Waals surface area contributed by atoms with Gasteiger partial charge in [0, 0.05) is 4.47 Å². The highest BCUT2D eigenvalue weighted by molar-refractivity contribution is 9.10. The summed E-state index contributed by atoms with van der Waals surface area (Å²) < 4.78 is 1.85. The summed E-state index contributed by atoms with van der Waals surface area (Å²) in [6, 6.07) is 11.2. The fourth-order valence-corrected chi connectivity index (χ4v) is 3.44. The summed E-state index contributed by atoms with van der Waals surface area (Å²) in [7, 11) is 0. The third-order valence-electron chi connectivity index (χ3n) is 2.94. The highest BCUT2D eigenvalue weighted by Crippen LogP contribution is 2.28. The Kier molecular flexibility index (Phi) is 3.97. The Labute approximate surface area is 139 Å². The number of benzene rings is 2. The molecule has 0 fully saturated rings. The first kappa shape index (κ1) is 14.5. The van der Waals surface area contributed by atoms with Crippen LogP contribution in [0.25, 0.3) is 10.2 Å². The third kappa shape index (κ3) is 3.10. The number of fused-ring (bicyclic) bond motifs is 1. The van der Waals surface area contributed by atoms with Crippen LogP contribution in [-0.2, 0) is 0 Å². The van der Waals surface area contributed by atoms with Gasteiger partial charge in [0.1, 0.15) is 0 Å². The average molecular weight is 382 g/mol. The van der Waals surface area contributed by atoms with Gasteiger partial charge in [-0.2, -0.15) is 0 Å². The summed E-state index contributed by atoms with van der Waals surface area (Å²) in [5, 5.41) is 3.77. The van der Waals surface area contributed by atoms with Gasteiger partial charge in [-0.25, -0.2) is 4.98 Å². The Morgan fingerprint density at radius 1 is 1.29 bits per heavy atom. The number of nitrogens with zero attached hydrogens (tertiary/aromatic N) is 1. The van der Waals surface area contributed by atoms with Gasteiger partial charge in [-0.15, -0.1) is 0 Å². The molecular formula is C15H10BrClN2OS. The molecule has 0 bridgehead atoms. The Morgan fingerprint density at radius 2 is 2.10 bits per heavy atom. The molecule has 0 unspecified atom stereocenters. The maximum Gasteiger partial charge on any atom is 0.258 e. The van der Waals surface area contributed by atoms with Gasteiger partial charge in [-0.1, -0.05) is 44.9 Å². The molecule has 2 aromatic carbocycles. The van der Waals surface area contributed by atoms with Crippen LogP contribution >= 0.6 is 38.9 Å². The highest BCUT2D eigenvalue weighted by Gasteiger charge is 2.13. The van der Waals surface area contributed by atoms with Crippen molar-refractivity contribution >= 4 is 60.1 Å². The quantitative estimate of drug-likeness (QED) is 0.657. The molecule has 6 heteroatoms. The van der Waals surface area contributed by atoms with Crippen molar-refractivity contribution in [3.63, 3.8) is 0 Å². The number of aromatic nitrogens is 1. The largest absolute Gasteiger partial charge is 0.298 e. The van der Waals surface area contributed by atoms with E-state index in [1.807, 2.05) is 19.1 Å². The van der Waals surface area contributed by atoms with Gasteiger partial charge in [0.15, 0.2) is 5.13 Å². The van der Waals surface area contributed by atoms with Crippen molar-refractivity contribution in [1.29, 1.82) is 0 Å². The van der Waals surface area contributed by atoms with E-state index < -0.39 is 0 Å². The van der Waals surface area contributed by atoms with Gasteiger partial charge in [0.05, 0.1) is 20.8 Å². The van der Waals surface area contributed by atoms with Gasteiger partial charge >= 0.3 is 0 Å². The van der Waals surface area contributed by atoms with Crippen molar-refractivity contribution < 1.29 is 4.79 Å². The number of aryl methyl sites for hydroxylation is 1. The lowest BCUT2D eigenvalue weighted by molar-refractivity contribution is 0.102. The van der Waals surface area contributed by atoms with Crippen molar-refractivity contribution in [2.75, 3.05) is 5.32 Å². The summed E-state index contributed by atoms with van der Waals surface area (Å²) >= 11 is 10.8. The van der Waals surface area contributed by atoms with Crippen LogP contribution in [0.4, 0.5) is 5.13 Å². The molecule has 1 N–H and O–H groups in total. The topological polar surface area (TPSA) is 42.0 Å². The van der Waals surface area contributed by atoms with E-state index in [1.165, 1.54) is 16.9 Å². The lowest BCUT2D eigenvalue weighted by atomic mass is 10.2. The number of anilines is 1. The van der Waals surface area contributed by atoms with Gasteiger partial charge in [-0.3, -0.25) is 10.1 Å². The molecule has 0 radical (unpaired) electrons. The van der Waals surface area contributed by atoms with Gasteiger partial charge in [0.25, 0.3) is 5.91 Å². The number of rotatable bonds is 2. The van der Waals surface area contributed by atoms with E-state index in [4.69, 9.17) is 11.6 Å². The van der Waals surface area contributed by atoms with Crippen LogP contribution < -0.4 is 5.32 Å². The minimum absolute atomic E-state index is 0.267. The molecule has 3 rings (SSSR count). The normalized spacial score (nSPS) is 10.8. The molecule has 0 aliphatic heterocycles. The molecule has 3 aromatic rings. The number of halogens is 2. The number of carbonyl (C=O) groups excluding carboxylic acids is 1. The number of nitrogens with one attached hydrogen (secondary N) is 1. The summed E-state index contributed by atoms with van der Waals surface area (Å²) in [6.07, 6.45) is 0. The maximum atomic E-state index is 12.3. The lowest BCUT2D eigenvalue weighted by Gasteiger charge is -2.04. The number of hydrogen-bond acceptors (Lipinski definition) is 3. The average Bonchev–Trinajstić information content (AvgIpc) is 2.82. The molecule has 1 amide bonds. The van der Waals surface area contributed by atoms with Crippen LogP contribution in [0.2, 0.25) is 5.02 Å². The summed E-state index contributed by atoms with van der Waals surface area (Å²) in [5.41, 5.74) is 2.46. The van der Waals surface area contributed by atoms with Crippen molar-refractivity contribution in [3.8, 4) is 0 Å². The minimum Gasteiger partial charge on any atom is -0.298 e. The molecule has 1 heterocycles. The van der Waals surface area contributed by atoms with Gasteiger partial charge < -0.3 is 0 Å². The number of carbonyl (C=O) groups is 1. The summed E-state index contributed by atoms with van der Waals surface area (Å²) in [4.78, 5) is 16.7. The van der Waals surface area contributed by atoms with Crippen molar-refractivity contribution in [2.45, 2.75) is 6.92 Å². The molecule has 0 saturated carbocycles. The maximum absolute atomic E-state index is 12.3. The zero-order chi connectivity index (χ0) is 15.0. The van der Waals surface area contributed by atoms with Crippen molar-refractivity contribution in [1.82, 2.24) is 4.98 Å². The van der Waals surface area contributed by atoms with Gasteiger partial charge in [-0.05, 0) is 42.8 Å². The zero-order valence-electron chi connectivity index (χ0n) is 11.0. The van der Waals surface area contributed by atoms with E-state index in [1.54, 1.807) is 18.2 Å². The van der Waals surface area contributed by atoms with Crippen LogP contribution in [0, 0.1) is 6.92 Å². The standard InChI is InChI=1S/C15H10BrClN2OS/c1-8-2-5-12-13(6-8)21-15(18-12)19-14(20)10-7-9(16)3-4-11(10)17/h2-7H,1H3,(H,18,19,20). The Hall–Kier alpha value is -1.43. The van der Waals surface area contributed by atoms with Crippen molar-refractivity contribution in [2.24, 2.45) is 0 Å². The van der Waals surface area contributed by atoms with Crippen LogP contribution in [0.15, 0.2) is 40.9 Å². The van der Waals surface area contributed by atoms with Crippen LogP contribution in [0.1, 0.15) is 15.9 Å². The minimum atomic E-state index is -0.267. The molecule has 1 aromatic heterocycles. The molecule has 3 nitrogen and oxygen atoms in total. The zero-order valence-corrected chi connectivity index (χ0v) is 14.1. The predicted molar refractivity (Wildman–Crippen MR) is 91.5 cm³/mol. The van der Waals surface area contributed by atoms with E-state index >= 15 is 0 Å². The second-order valence-electron chi connectivity index (χ2n) is 4.57. The van der Waals surface area contributed by atoms with Crippen LogP contribution in [0.3, 0.4) is 0 Å². The Balaban J connectivity index is 1.90. The SMILES string of the molecule is Cc1ccc2nc(NC(=O)c3cc(Br)ccc3Cl)sc2c1. The van der Waals surface area contributed by atoms with E-state index in [0.717, 1.165) is 14.7 Å². The second-order valence-corrected chi connectivity index (χ2v) is 6.92. The molecule has 0 saturated heterocycles. The first-order valence-electron chi connectivity index (χ1n) is 6.16. The monoisotopic (exact) mass is 380 g/mol. The van der Waals surface area contributed by atoms with E-state index in [9.17, 15) is 4.79 Å². The number of thiazole rings is 1. The van der Waals surface area contributed by atoms with E-state index in [-0.39, 0.29) is 5.91 Å². The molecule has 0 spiro atoms. The molecule has 21 heavy (non-hydrogen) atoms. The second kappa shape index (κ2) is 5.75.